The number of carbonyl (C=O) groups excluding carboxylic acids is 1. The number of hydrogen-bond donors (Lipinski definition) is 2. The molecule has 0 aromatic heterocycles. The highest BCUT2D eigenvalue weighted by molar-refractivity contribution is 5.97. The van der Waals surface area contributed by atoms with Gasteiger partial charge in [-0.05, 0) is 56.0 Å². The van der Waals surface area contributed by atoms with E-state index in [1.54, 1.807) is 36.4 Å². The van der Waals surface area contributed by atoms with Gasteiger partial charge in [0.15, 0.2) is 5.78 Å². The van der Waals surface area contributed by atoms with E-state index >= 15 is 0 Å². The molecule has 2 N–H and O–H groups in total. The molecule has 156 valence electrons. The number of benzene rings is 2. The summed E-state index contributed by atoms with van der Waals surface area (Å²) in [5, 5.41) is 19.1. The van der Waals surface area contributed by atoms with Crippen molar-refractivity contribution in [1.82, 2.24) is 0 Å². The van der Waals surface area contributed by atoms with Crippen LogP contribution < -0.4 is 9.47 Å². The van der Waals surface area contributed by atoms with Crippen LogP contribution in [0.1, 0.15) is 54.6 Å². The summed E-state index contributed by atoms with van der Waals surface area (Å²) >= 11 is 0. The molecule has 0 spiro atoms. The highest BCUT2D eigenvalue weighted by atomic mass is 16.5. The highest BCUT2D eigenvalue weighted by Gasteiger charge is 2.15. The Morgan fingerprint density at radius 2 is 1.62 bits per heavy atom. The summed E-state index contributed by atoms with van der Waals surface area (Å²) in [7, 11) is 0. The molecule has 2 aromatic carbocycles. The number of Topliss-reactive ketones (excluding diaryl/α,β-unsaturated/α-hetero) is 1. The molecule has 0 aliphatic rings. The molecule has 0 amide bonds. The minimum atomic E-state index is -0.856. The average molecular weight is 400 g/mol. The van der Waals surface area contributed by atoms with Crippen LogP contribution in [-0.2, 0) is 17.6 Å². The van der Waals surface area contributed by atoms with Crippen LogP contribution in [0.2, 0.25) is 0 Å². The molecule has 6 heteroatoms. The fraction of sp³-hybridized carbons (Fsp3) is 0.391. The van der Waals surface area contributed by atoms with Crippen molar-refractivity contribution in [3.05, 3.63) is 53.1 Å². The lowest BCUT2D eigenvalue weighted by Gasteiger charge is -2.14. The van der Waals surface area contributed by atoms with Gasteiger partial charge in [0.1, 0.15) is 17.2 Å². The molecule has 29 heavy (non-hydrogen) atoms. The van der Waals surface area contributed by atoms with E-state index < -0.39 is 5.97 Å². The summed E-state index contributed by atoms with van der Waals surface area (Å²) in [6, 6.07) is 10.4. The minimum absolute atomic E-state index is 0.000584. The van der Waals surface area contributed by atoms with E-state index in [0.29, 0.717) is 42.3 Å². The van der Waals surface area contributed by atoms with Crippen LogP contribution in [-0.4, -0.2) is 35.2 Å². The first kappa shape index (κ1) is 22.3. The molecule has 0 unspecified atom stereocenters. The summed E-state index contributed by atoms with van der Waals surface area (Å²) < 4.78 is 11.5. The molecule has 0 bridgehead atoms. The van der Waals surface area contributed by atoms with Gasteiger partial charge in [-0.2, -0.15) is 0 Å². The second-order valence-corrected chi connectivity index (χ2v) is 6.86. The maximum absolute atomic E-state index is 11.6. The van der Waals surface area contributed by atoms with E-state index in [4.69, 9.17) is 14.6 Å². The third-order valence-corrected chi connectivity index (χ3v) is 4.46. The fourth-order valence-corrected chi connectivity index (χ4v) is 2.98. The lowest BCUT2D eigenvalue weighted by atomic mass is 10.0. The molecule has 0 fully saturated rings. The van der Waals surface area contributed by atoms with Crippen LogP contribution in [0.5, 0.6) is 17.2 Å². The zero-order valence-electron chi connectivity index (χ0n) is 16.9. The van der Waals surface area contributed by atoms with Crippen LogP contribution >= 0.6 is 0 Å². The number of aliphatic carboxylic acids is 1. The van der Waals surface area contributed by atoms with Gasteiger partial charge in [0.05, 0.1) is 25.2 Å². The van der Waals surface area contributed by atoms with E-state index in [0.717, 1.165) is 24.8 Å². The Kier molecular flexibility index (Phi) is 8.52. The van der Waals surface area contributed by atoms with Gasteiger partial charge in [-0.3, -0.25) is 9.59 Å². The van der Waals surface area contributed by atoms with Gasteiger partial charge in [0, 0.05) is 5.56 Å². The van der Waals surface area contributed by atoms with Gasteiger partial charge in [-0.25, -0.2) is 0 Å². The zero-order valence-corrected chi connectivity index (χ0v) is 16.9. The number of carbonyl (C=O) groups is 2. The van der Waals surface area contributed by atoms with E-state index in [1.807, 2.05) is 6.92 Å². The number of phenolic OH excluding ortho intramolecular Hbond substituents is 1. The third-order valence-electron chi connectivity index (χ3n) is 4.46. The summed E-state index contributed by atoms with van der Waals surface area (Å²) in [4.78, 5) is 22.3. The van der Waals surface area contributed by atoms with Crippen molar-refractivity contribution in [1.29, 1.82) is 0 Å². The first-order valence-electron chi connectivity index (χ1n) is 9.84. The second-order valence-electron chi connectivity index (χ2n) is 6.86. The lowest BCUT2D eigenvalue weighted by Crippen LogP contribution is -2.05. The molecule has 0 aliphatic heterocycles. The van der Waals surface area contributed by atoms with Crippen LogP contribution in [0.15, 0.2) is 36.4 Å². The Morgan fingerprint density at radius 3 is 2.21 bits per heavy atom. The summed E-state index contributed by atoms with van der Waals surface area (Å²) in [6.45, 7) is 4.45. The van der Waals surface area contributed by atoms with Gasteiger partial charge < -0.3 is 19.7 Å². The van der Waals surface area contributed by atoms with E-state index in [9.17, 15) is 14.7 Å². The molecular weight excluding hydrogens is 372 g/mol. The highest BCUT2D eigenvalue weighted by Crippen LogP contribution is 2.33. The Morgan fingerprint density at radius 1 is 0.966 bits per heavy atom. The second kappa shape index (κ2) is 11.1. The molecule has 6 nitrogen and oxygen atoms in total. The fourth-order valence-electron chi connectivity index (χ4n) is 2.98. The third kappa shape index (κ3) is 6.82. The largest absolute Gasteiger partial charge is 0.507 e. The summed E-state index contributed by atoms with van der Waals surface area (Å²) in [6.07, 6.45) is 3.05. The average Bonchev–Trinajstić information content (AvgIpc) is 2.67. The first-order valence-corrected chi connectivity index (χ1v) is 9.84. The van der Waals surface area contributed by atoms with Crippen molar-refractivity contribution in [3.63, 3.8) is 0 Å². The number of ether oxygens (including phenoxy) is 2. The van der Waals surface area contributed by atoms with Crippen molar-refractivity contribution < 1.29 is 29.3 Å². The van der Waals surface area contributed by atoms with Crippen LogP contribution in [0.4, 0.5) is 0 Å². The van der Waals surface area contributed by atoms with Gasteiger partial charge in [0.25, 0.3) is 0 Å². The number of hydrogen-bond acceptors (Lipinski definition) is 5. The smallest absolute Gasteiger partial charge is 0.307 e. The van der Waals surface area contributed by atoms with Crippen LogP contribution in [0, 0.1) is 0 Å². The number of aromatic hydroxyl groups is 1. The predicted octanol–water partition coefficient (Wildman–Crippen LogP) is 4.41. The van der Waals surface area contributed by atoms with Crippen LogP contribution in [0.3, 0.4) is 0 Å². The van der Waals surface area contributed by atoms with E-state index in [-0.39, 0.29) is 18.0 Å². The van der Waals surface area contributed by atoms with Crippen molar-refractivity contribution in [3.8, 4) is 17.2 Å². The Hall–Kier alpha value is -3.02. The molecule has 0 saturated heterocycles. The first-order chi connectivity index (χ1) is 13.9. The number of phenols is 1. The minimum Gasteiger partial charge on any atom is -0.507 e. The SMILES string of the molecule is CCCc1c(OCCCCOc2ccc(CC(=O)O)cc2)ccc(C(C)=O)c1O. The molecule has 0 saturated carbocycles. The molecule has 0 aliphatic carbocycles. The number of carboxylic acid groups (broad SMARTS) is 1. The molecule has 2 rings (SSSR count). The van der Waals surface area contributed by atoms with E-state index in [2.05, 4.69) is 0 Å². The van der Waals surface area contributed by atoms with Crippen molar-refractivity contribution in [2.45, 2.75) is 46.0 Å². The maximum atomic E-state index is 11.6. The van der Waals surface area contributed by atoms with Gasteiger partial charge in [-0.1, -0.05) is 25.5 Å². The van der Waals surface area contributed by atoms with Gasteiger partial charge in [0.2, 0.25) is 0 Å². The quantitative estimate of drug-likeness (QED) is 0.405. The zero-order chi connectivity index (χ0) is 21.2. The standard InChI is InChI=1S/C23H28O6/c1-3-6-20-21(12-11-19(16(2)24)23(20)27)29-14-5-4-13-28-18-9-7-17(8-10-18)15-22(25)26/h7-12,27H,3-6,13-15H2,1-2H3,(H,25,26). The van der Waals surface area contributed by atoms with Crippen molar-refractivity contribution in [2.24, 2.45) is 0 Å². The maximum Gasteiger partial charge on any atom is 0.307 e. The molecule has 0 radical (unpaired) electrons. The van der Waals surface area contributed by atoms with E-state index in [1.165, 1.54) is 6.92 Å². The number of carboxylic acids is 1. The monoisotopic (exact) mass is 400 g/mol. The molecule has 0 atom stereocenters. The molecule has 0 heterocycles. The lowest BCUT2D eigenvalue weighted by molar-refractivity contribution is -0.136. The van der Waals surface area contributed by atoms with Gasteiger partial charge >= 0.3 is 5.97 Å². The molecular formula is C23H28O6. The Balaban J connectivity index is 1.78. The summed E-state index contributed by atoms with van der Waals surface area (Å²) in [5.41, 5.74) is 1.74. The molecule has 2 aromatic rings. The number of rotatable bonds is 12. The number of unbranched alkanes of at least 4 members (excludes halogenated alkanes) is 1. The Bertz CT molecular complexity index is 826. The van der Waals surface area contributed by atoms with Crippen molar-refractivity contribution in [2.75, 3.05) is 13.2 Å². The Labute approximate surface area is 171 Å². The van der Waals surface area contributed by atoms with Gasteiger partial charge in [-0.15, -0.1) is 0 Å². The number of ketones is 1. The predicted molar refractivity (Wildman–Crippen MR) is 110 cm³/mol. The summed E-state index contributed by atoms with van der Waals surface area (Å²) in [5.74, 6) is 0.315. The van der Waals surface area contributed by atoms with Crippen LogP contribution in [0.25, 0.3) is 0 Å². The topological polar surface area (TPSA) is 93.1 Å². The van der Waals surface area contributed by atoms with Crippen molar-refractivity contribution >= 4 is 11.8 Å². The normalized spacial score (nSPS) is 10.6.